The smallest absolute Gasteiger partial charge is 0.272 e. The summed E-state index contributed by atoms with van der Waals surface area (Å²) >= 11 is 0. The van der Waals surface area contributed by atoms with E-state index in [0.717, 1.165) is 0 Å². The van der Waals surface area contributed by atoms with Gasteiger partial charge >= 0.3 is 0 Å². The van der Waals surface area contributed by atoms with Crippen molar-refractivity contribution in [3.8, 4) is 0 Å². The fourth-order valence-corrected chi connectivity index (χ4v) is 0.947. The van der Waals surface area contributed by atoms with E-state index in [4.69, 9.17) is 5.73 Å². The fourth-order valence-electron chi connectivity index (χ4n) is 0.947. The molecule has 1 rings (SSSR count). The highest BCUT2D eigenvalue weighted by Crippen LogP contribution is 2.05. The maximum absolute atomic E-state index is 11.7. The summed E-state index contributed by atoms with van der Waals surface area (Å²) in [6, 6.07) is 3.48. The minimum Gasteiger partial charge on any atom is -0.397 e. The van der Waals surface area contributed by atoms with E-state index in [-0.39, 0.29) is 11.9 Å². The predicted molar refractivity (Wildman–Crippen MR) is 55.9 cm³/mol. The standard InChI is InChI=1S/C10H15N3O/c1-7(2)13(3)10(14)9-5-4-8(11)6-12-9/h4-7H,11H2,1-3H3. The van der Waals surface area contributed by atoms with Gasteiger partial charge in [-0.2, -0.15) is 0 Å². The molecule has 0 aliphatic carbocycles. The summed E-state index contributed by atoms with van der Waals surface area (Å²) in [6.45, 7) is 3.91. The Morgan fingerprint density at radius 1 is 1.50 bits per heavy atom. The van der Waals surface area contributed by atoms with Crippen molar-refractivity contribution in [3.05, 3.63) is 24.0 Å². The van der Waals surface area contributed by atoms with Crippen molar-refractivity contribution in [2.24, 2.45) is 0 Å². The van der Waals surface area contributed by atoms with Crippen molar-refractivity contribution in [3.63, 3.8) is 0 Å². The third kappa shape index (κ3) is 2.22. The molecule has 0 radical (unpaired) electrons. The molecule has 0 unspecified atom stereocenters. The molecule has 0 fully saturated rings. The molecule has 0 saturated heterocycles. The number of nitrogens with zero attached hydrogens (tertiary/aromatic N) is 2. The van der Waals surface area contributed by atoms with Crippen LogP contribution >= 0.6 is 0 Å². The number of nitrogens with two attached hydrogens (primary N) is 1. The topological polar surface area (TPSA) is 59.2 Å². The van der Waals surface area contributed by atoms with Gasteiger partial charge < -0.3 is 10.6 Å². The normalized spacial score (nSPS) is 10.3. The Kier molecular flexibility index (Phi) is 3.06. The fraction of sp³-hybridized carbons (Fsp3) is 0.400. The molecule has 4 nitrogen and oxygen atoms in total. The Labute approximate surface area is 83.7 Å². The van der Waals surface area contributed by atoms with Gasteiger partial charge in [-0.15, -0.1) is 0 Å². The van der Waals surface area contributed by atoms with Gasteiger partial charge in [-0.05, 0) is 26.0 Å². The first-order valence-electron chi connectivity index (χ1n) is 4.51. The number of hydrogen-bond acceptors (Lipinski definition) is 3. The van der Waals surface area contributed by atoms with Gasteiger partial charge in [-0.25, -0.2) is 4.98 Å². The third-order valence-electron chi connectivity index (χ3n) is 2.10. The van der Waals surface area contributed by atoms with E-state index in [9.17, 15) is 4.79 Å². The minimum atomic E-state index is -0.0833. The number of aromatic nitrogens is 1. The second-order valence-corrected chi connectivity index (χ2v) is 3.49. The lowest BCUT2D eigenvalue weighted by molar-refractivity contribution is 0.0749. The molecule has 0 spiro atoms. The molecule has 0 aliphatic heterocycles. The largest absolute Gasteiger partial charge is 0.397 e. The van der Waals surface area contributed by atoms with Gasteiger partial charge in [0, 0.05) is 13.1 Å². The molecular formula is C10H15N3O. The highest BCUT2D eigenvalue weighted by molar-refractivity contribution is 5.92. The third-order valence-corrected chi connectivity index (χ3v) is 2.10. The minimum absolute atomic E-state index is 0.0833. The predicted octanol–water partition coefficient (Wildman–Crippen LogP) is 1.14. The zero-order chi connectivity index (χ0) is 10.7. The number of carbonyl (C=O) groups excluding carboxylic acids is 1. The first-order valence-corrected chi connectivity index (χ1v) is 4.51. The number of anilines is 1. The Balaban J connectivity index is 2.84. The summed E-state index contributed by atoms with van der Waals surface area (Å²) in [5, 5.41) is 0. The summed E-state index contributed by atoms with van der Waals surface area (Å²) in [6.07, 6.45) is 1.49. The van der Waals surface area contributed by atoms with Crippen molar-refractivity contribution in [1.29, 1.82) is 0 Å². The van der Waals surface area contributed by atoms with Gasteiger partial charge in [-0.1, -0.05) is 0 Å². The van der Waals surface area contributed by atoms with E-state index >= 15 is 0 Å². The van der Waals surface area contributed by atoms with Crippen LogP contribution in [-0.2, 0) is 0 Å². The molecule has 0 saturated carbocycles. The number of hydrogen-bond donors (Lipinski definition) is 1. The number of amides is 1. The molecule has 2 N–H and O–H groups in total. The van der Waals surface area contributed by atoms with Crippen molar-refractivity contribution >= 4 is 11.6 Å². The molecule has 76 valence electrons. The average molecular weight is 193 g/mol. The molecule has 1 amide bonds. The number of pyridine rings is 1. The van der Waals surface area contributed by atoms with Crippen LogP contribution in [0.2, 0.25) is 0 Å². The van der Waals surface area contributed by atoms with E-state index in [1.165, 1.54) is 6.20 Å². The first kappa shape index (κ1) is 10.5. The second-order valence-electron chi connectivity index (χ2n) is 3.49. The molecule has 0 atom stereocenters. The highest BCUT2D eigenvalue weighted by atomic mass is 16.2. The van der Waals surface area contributed by atoms with Crippen LogP contribution in [0.1, 0.15) is 24.3 Å². The van der Waals surface area contributed by atoms with Crippen LogP contribution < -0.4 is 5.73 Å². The van der Waals surface area contributed by atoms with Gasteiger partial charge in [0.15, 0.2) is 0 Å². The number of carbonyl (C=O) groups is 1. The van der Waals surface area contributed by atoms with Crippen molar-refractivity contribution in [2.45, 2.75) is 19.9 Å². The average Bonchev–Trinajstić information content (AvgIpc) is 2.16. The van der Waals surface area contributed by atoms with Gasteiger partial charge in [0.1, 0.15) is 5.69 Å². The zero-order valence-electron chi connectivity index (χ0n) is 8.69. The molecule has 0 aliphatic rings. The van der Waals surface area contributed by atoms with Crippen LogP contribution in [0, 0.1) is 0 Å². The van der Waals surface area contributed by atoms with E-state index in [1.807, 2.05) is 13.8 Å². The molecule has 1 aromatic rings. The van der Waals surface area contributed by atoms with Gasteiger partial charge in [0.05, 0.1) is 11.9 Å². The Bertz CT molecular complexity index is 319. The highest BCUT2D eigenvalue weighted by Gasteiger charge is 2.14. The van der Waals surface area contributed by atoms with Gasteiger partial charge in [0.25, 0.3) is 5.91 Å². The summed E-state index contributed by atoms with van der Waals surface area (Å²) in [5.41, 5.74) is 6.47. The molecule has 0 aromatic carbocycles. The molecule has 1 heterocycles. The van der Waals surface area contributed by atoms with Crippen molar-refractivity contribution in [1.82, 2.24) is 9.88 Å². The van der Waals surface area contributed by atoms with Crippen LogP contribution in [-0.4, -0.2) is 28.9 Å². The zero-order valence-corrected chi connectivity index (χ0v) is 8.69. The van der Waals surface area contributed by atoms with E-state index in [0.29, 0.717) is 11.4 Å². The number of rotatable bonds is 2. The van der Waals surface area contributed by atoms with E-state index in [2.05, 4.69) is 4.98 Å². The maximum atomic E-state index is 11.7. The Morgan fingerprint density at radius 3 is 2.57 bits per heavy atom. The summed E-state index contributed by atoms with van der Waals surface area (Å²) in [7, 11) is 1.75. The van der Waals surface area contributed by atoms with E-state index < -0.39 is 0 Å². The van der Waals surface area contributed by atoms with Crippen LogP contribution in [0.5, 0.6) is 0 Å². The van der Waals surface area contributed by atoms with E-state index in [1.54, 1.807) is 24.1 Å². The lowest BCUT2D eigenvalue weighted by Crippen LogP contribution is -2.33. The molecule has 1 aromatic heterocycles. The summed E-state index contributed by atoms with van der Waals surface area (Å²) < 4.78 is 0. The summed E-state index contributed by atoms with van der Waals surface area (Å²) in [4.78, 5) is 17.3. The maximum Gasteiger partial charge on any atom is 0.272 e. The SMILES string of the molecule is CC(C)N(C)C(=O)c1ccc(N)cn1. The lowest BCUT2D eigenvalue weighted by Gasteiger charge is -2.20. The monoisotopic (exact) mass is 193 g/mol. The van der Waals surface area contributed by atoms with Gasteiger partial charge in [-0.3, -0.25) is 4.79 Å². The quantitative estimate of drug-likeness (QED) is 0.766. The molecule has 14 heavy (non-hydrogen) atoms. The molecule has 0 bridgehead atoms. The molecular weight excluding hydrogens is 178 g/mol. The van der Waals surface area contributed by atoms with Crippen molar-refractivity contribution < 1.29 is 4.79 Å². The Hall–Kier alpha value is -1.58. The van der Waals surface area contributed by atoms with Crippen LogP contribution in [0.25, 0.3) is 0 Å². The second kappa shape index (κ2) is 4.09. The van der Waals surface area contributed by atoms with Crippen LogP contribution in [0.3, 0.4) is 0 Å². The van der Waals surface area contributed by atoms with Gasteiger partial charge in [0.2, 0.25) is 0 Å². The van der Waals surface area contributed by atoms with Crippen LogP contribution in [0.15, 0.2) is 18.3 Å². The summed E-state index contributed by atoms with van der Waals surface area (Å²) in [5.74, 6) is -0.0833. The number of nitrogen functional groups attached to an aromatic ring is 1. The Morgan fingerprint density at radius 2 is 2.14 bits per heavy atom. The first-order chi connectivity index (χ1) is 6.52. The van der Waals surface area contributed by atoms with Crippen molar-refractivity contribution in [2.75, 3.05) is 12.8 Å². The molecule has 4 heteroatoms. The lowest BCUT2D eigenvalue weighted by atomic mass is 10.2. The van der Waals surface area contributed by atoms with Crippen LogP contribution in [0.4, 0.5) is 5.69 Å².